The van der Waals surface area contributed by atoms with Crippen LogP contribution >= 0.6 is 0 Å². The lowest BCUT2D eigenvalue weighted by Gasteiger charge is -2.19. The fourth-order valence-corrected chi connectivity index (χ4v) is 2.57. The first-order valence-electron chi connectivity index (χ1n) is 8.92. The number of hydrogen-bond acceptors (Lipinski definition) is 4. The van der Waals surface area contributed by atoms with Crippen LogP contribution in [0.25, 0.3) is 0 Å². The van der Waals surface area contributed by atoms with E-state index in [2.05, 4.69) is 10.6 Å². The number of hydrogen-bond donors (Lipinski definition) is 2. The van der Waals surface area contributed by atoms with Crippen molar-refractivity contribution in [3.05, 3.63) is 59.7 Å². The van der Waals surface area contributed by atoms with Crippen molar-refractivity contribution >= 4 is 29.1 Å². The molecular weight excluding hydrogens is 356 g/mol. The van der Waals surface area contributed by atoms with Gasteiger partial charge >= 0.3 is 0 Å². The zero-order valence-corrected chi connectivity index (χ0v) is 16.7. The standard InChI is InChI=1S/C21H26N4O3/c1-15-8-7-9-16(12-15)22-21(28)17-10-5-6-11-18(17)23-19(26)13-25(4)14-20(27)24(2)3/h5-12H,13-14H2,1-4H3,(H,22,28)(H,23,26). The molecule has 148 valence electrons. The van der Waals surface area contributed by atoms with Crippen molar-refractivity contribution in [2.75, 3.05) is 44.9 Å². The van der Waals surface area contributed by atoms with Gasteiger partial charge in [0.15, 0.2) is 0 Å². The number of benzene rings is 2. The number of anilines is 2. The summed E-state index contributed by atoms with van der Waals surface area (Å²) in [7, 11) is 5.02. The van der Waals surface area contributed by atoms with Gasteiger partial charge in [0, 0.05) is 19.8 Å². The Kier molecular flexibility index (Phi) is 7.28. The highest BCUT2D eigenvalue weighted by atomic mass is 16.2. The molecule has 3 amide bonds. The van der Waals surface area contributed by atoms with Gasteiger partial charge in [0.05, 0.1) is 24.3 Å². The molecule has 0 atom stereocenters. The molecular formula is C21H26N4O3. The van der Waals surface area contributed by atoms with Crippen LogP contribution < -0.4 is 10.6 Å². The summed E-state index contributed by atoms with van der Waals surface area (Å²) in [4.78, 5) is 39.8. The van der Waals surface area contributed by atoms with E-state index in [1.165, 1.54) is 4.90 Å². The maximum atomic E-state index is 12.6. The number of aryl methyl sites for hydroxylation is 1. The van der Waals surface area contributed by atoms with E-state index in [0.29, 0.717) is 16.9 Å². The van der Waals surface area contributed by atoms with Gasteiger partial charge in [0.25, 0.3) is 5.91 Å². The van der Waals surface area contributed by atoms with E-state index >= 15 is 0 Å². The van der Waals surface area contributed by atoms with Gasteiger partial charge < -0.3 is 15.5 Å². The van der Waals surface area contributed by atoms with Gasteiger partial charge in [-0.3, -0.25) is 19.3 Å². The molecule has 7 heteroatoms. The molecule has 2 rings (SSSR count). The number of rotatable bonds is 7. The molecule has 0 saturated carbocycles. The highest BCUT2D eigenvalue weighted by Crippen LogP contribution is 2.18. The van der Waals surface area contributed by atoms with Gasteiger partial charge in [0.2, 0.25) is 11.8 Å². The molecule has 0 aliphatic heterocycles. The van der Waals surface area contributed by atoms with Crippen LogP contribution in [0.15, 0.2) is 48.5 Å². The zero-order chi connectivity index (χ0) is 20.7. The van der Waals surface area contributed by atoms with E-state index in [9.17, 15) is 14.4 Å². The summed E-state index contributed by atoms with van der Waals surface area (Å²) in [6.45, 7) is 2.12. The number of para-hydroxylation sites is 1. The summed E-state index contributed by atoms with van der Waals surface area (Å²) < 4.78 is 0. The lowest BCUT2D eigenvalue weighted by Crippen LogP contribution is -2.38. The molecule has 2 N–H and O–H groups in total. The van der Waals surface area contributed by atoms with Crippen molar-refractivity contribution in [2.45, 2.75) is 6.92 Å². The molecule has 2 aromatic carbocycles. The van der Waals surface area contributed by atoms with Gasteiger partial charge in [-0.15, -0.1) is 0 Å². The molecule has 0 aromatic heterocycles. The Morgan fingerprint density at radius 3 is 2.29 bits per heavy atom. The fourth-order valence-electron chi connectivity index (χ4n) is 2.57. The van der Waals surface area contributed by atoms with Crippen LogP contribution in [-0.2, 0) is 9.59 Å². The quantitative estimate of drug-likeness (QED) is 0.769. The third-order valence-electron chi connectivity index (χ3n) is 4.04. The van der Waals surface area contributed by atoms with Crippen LogP contribution in [0.5, 0.6) is 0 Å². The number of amides is 3. The van der Waals surface area contributed by atoms with Crippen molar-refractivity contribution in [3.8, 4) is 0 Å². The second-order valence-corrected chi connectivity index (χ2v) is 6.88. The highest BCUT2D eigenvalue weighted by molar-refractivity contribution is 6.10. The minimum atomic E-state index is -0.308. The molecule has 0 spiro atoms. The first-order valence-corrected chi connectivity index (χ1v) is 8.92. The normalized spacial score (nSPS) is 10.5. The number of carbonyl (C=O) groups excluding carboxylic acids is 3. The van der Waals surface area contributed by atoms with Crippen LogP contribution in [0, 0.1) is 6.92 Å². The molecule has 0 heterocycles. The van der Waals surface area contributed by atoms with E-state index in [4.69, 9.17) is 0 Å². The SMILES string of the molecule is Cc1cccc(NC(=O)c2ccccc2NC(=O)CN(C)CC(=O)N(C)C)c1. The summed E-state index contributed by atoms with van der Waals surface area (Å²) >= 11 is 0. The Bertz CT molecular complexity index is 864. The fraction of sp³-hybridized carbons (Fsp3) is 0.286. The summed E-state index contributed by atoms with van der Waals surface area (Å²) in [5.74, 6) is -0.698. The molecule has 0 unspecified atom stereocenters. The molecule has 0 bridgehead atoms. The largest absolute Gasteiger partial charge is 0.348 e. The second-order valence-electron chi connectivity index (χ2n) is 6.88. The molecule has 0 aliphatic rings. The van der Waals surface area contributed by atoms with E-state index in [-0.39, 0.29) is 30.8 Å². The summed E-state index contributed by atoms with van der Waals surface area (Å²) in [5, 5.41) is 5.60. The van der Waals surface area contributed by atoms with Crippen LogP contribution in [0.1, 0.15) is 15.9 Å². The maximum Gasteiger partial charge on any atom is 0.257 e. The first-order chi connectivity index (χ1) is 13.3. The number of likely N-dealkylation sites (N-methyl/N-ethyl adjacent to an activating group) is 2. The van der Waals surface area contributed by atoms with Crippen molar-refractivity contribution in [2.24, 2.45) is 0 Å². The molecule has 0 fully saturated rings. The molecule has 0 radical (unpaired) electrons. The van der Waals surface area contributed by atoms with Crippen LogP contribution in [0.4, 0.5) is 11.4 Å². The molecule has 28 heavy (non-hydrogen) atoms. The second kappa shape index (κ2) is 9.66. The summed E-state index contributed by atoms with van der Waals surface area (Å²) in [6, 6.07) is 14.3. The zero-order valence-electron chi connectivity index (χ0n) is 16.7. The Labute approximate surface area is 165 Å². The smallest absolute Gasteiger partial charge is 0.257 e. The van der Waals surface area contributed by atoms with Crippen molar-refractivity contribution < 1.29 is 14.4 Å². The highest BCUT2D eigenvalue weighted by Gasteiger charge is 2.16. The van der Waals surface area contributed by atoms with Crippen LogP contribution in [0.3, 0.4) is 0 Å². The van der Waals surface area contributed by atoms with E-state index < -0.39 is 0 Å². The molecule has 7 nitrogen and oxygen atoms in total. The van der Waals surface area contributed by atoms with Gasteiger partial charge in [-0.05, 0) is 43.8 Å². The Morgan fingerprint density at radius 1 is 0.893 bits per heavy atom. The predicted molar refractivity (Wildman–Crippen MR) is 110 cm³/mol. The average Bonchev–Trinajstić information content (AvgIpc) is 2.61. The minimum absolute atomic E-state index is 0.0351. The van der Waals surface area contributed by atoms with E-state index in [1.54, 1.807) is 50.3 Å². The number of nitrogens with one attached hydrogen (secondary N) is 2. The maximum absolute atomic E-state index is 12.6. The predicted octanol–water partition coefficient (Wildman–Crippen LogP) is 2.21. The number of carbonyl (C=O) groups is 3. The summed E-state index contributed by atoms with van der Waals surface area (Å²) in [5.41, 5.74) is 2.51. The molecule has 0 aliphatic carbocycles. The molecule has 0 saturated heterocycles. The van der Waals surface area contributed by atoms with Gasteiger partial charge in [0.1, 0.15) is 0 Å². The minimum Gasteiger partial charge on any atom is -0.348 e. The number of nitrogens with zero attached hydrogens (tertiary/aromatic N) is 2. The molecule has 2 aromatic rings. The third kappa shape index (κ3) is 6.21. The topological polar surface area (TPSA) is 81.8 Å². The van der Waals surface area contributed by atoms with Gasteiger partial charge in [-0.2, -0.15) is 0 Å². The first kappa shape index (κ1) is 21.1. The van der Waals surface area contributed by atoms with Crippen molar-refractivity contribution in [1.29, 1.82) is 0 Å². The van der Waals surface area contributed by atoms with Crippen molar-refractivity contribution in [1.82, 2.24) is 9.80 Å². The van der Waals surface area contributed by atoms with Crippen molar-refractivity contribution in [3.63, 3.8) is 0 Å². The van der Waals surface area contributed by atoms with Crippen LogP contribution in [-0.4, -0.2) is 61.8 Å². The Hall–Kier alpha value is -3.19. The third-order valence-corrected chi connectivity index (χ3v) is 4.04. The lowest BCUT2D eigenvalue weighted by molar-refractivity contribution is -0.130. The average molecular weight is 382 g/mol. The monoisotopic (exact) mass is 382 g/mol. The Balaban J connectivity index is 2.03. The van der Waals surface area contributed by atoms with E-state index in [1.807, 2.05) is 31.2 Å². The van der Waals surface area contributed by atoms with E-state index in [0.717, 1.165) is 5.56 Å². The van der Waals surface area contributed by atoms with Gasteiger partial charge in [-0.25, -0.2) is 0 Å². The van der Waals surface area contributed by atoms with Gasteiger partial charge in [-0.1, -0.05) is 24.3 Å². The Morgan fingerprint density at radius 2 is 1.61 bits per heavy atom. The van der Waals surface area contributed by atoms with Crippen LogP contribution in [0.2, 0.25) is 0 Å². The summed E-state index contributed by atoms with van der Waals surface area (Å²) in [6.07, 6.45) is 0. The lowest BCUT2D eigenvalue weighted by atomic mass is 10.1.